The molecule has 3 rings (SSSR count). The SMILES string of the molecule is CCOC(=O)c1ccsc1NC(=O)/C(C#N)=C\c1ccc(OC(=O)Nc2ccccc2)c(OC)c1. The van der Waals surface area contributed by atoms with E-state index < -0.39 is 18.0 Å². The number of methoxy groups -OCH3 is 1. The molecule has 2 amide bonds. The van der Waals surface area contributed by atoms with Crippen LogP contribution in [0.4, 0.5) is 15.5 Å². The first kappa shape index (κ1) is 25.0. The molecule has 1 aromatic heterocycles. The molecule has 0 spiro atoms. The van der Waals surface area contributed by atoms with E-state index in [9.17, 15) is 19.6 Å². The van der Waals surface area contributed by atoms with Crippen LogP contribution >= 0.6 is 11.3 Å². The first-order valence-corrected chi connectivity index (χ1v) is 11.2. The van der Waals surface area contributed by atoms with Crippen LogP contribution in [-0.2, 0) is 9.53 Å². The molecule has 0 saturated heterocycles. The molecule has 1 heterocycles. The third-order valence-electron chi connectivity index (χ3n) is 4.47. The Morgan fingerprint density at radius 2 is 1.83 bits per heavy atom. The number of nitriles is 1. The van der Waals surface area contributed by atoms with Crippen molar-refractivity contribution in [2.24, 2.45) is 0 Å². The molecule has 2 N–H and O–H groups in total. The van der Waals surface area contributed by atoms with E-state index in [-0.39, 0.29) is 34.2 Å². The van der Waals surface area contributed by atoms with E-state index in [0.29, 0.717) is 11.3 Å². The maximum atomic E-state index is 12.7. The van der Waals surface area contributed by atoms with Crippen LogP contribution in [0.2, 0.25) is 0 Å². The van der Waals surface area contributed by atoms with Gasteiger partial charge in [-0.3, -0.25) is 10.1 Å². The Labute approximate surface area is 205 Å². The van der Waals surface area contributed by atoms with Crippen molar-refractivity contribution >= 4 is 46.1 Å². The molecule has 0 radical (unpaired) electrons. The minimum Gasteiger partial charge on any atom is -0.493 e. The summed E-state index contributed by atoms with van der Waals surface area (Å²) in [6, 6.07) is 16.8. The van der Waals surface area contributed by atoms with Gasteiger partial charge < -0.3 is 19.5 Å². The van der Waals surface area contributed by atoms with Crippen molar-refractivity contribution in [2.45, 2.75) is 6.92 Å². The van der Waals surface area contributed by atoms with Gasteiger partial charge in [0.05, 0.1) is 19.3 Å². The van der Waals surface area contributed by atoms with E-state index in [0.717, 1.165) is 11.3 Å². The highest BCUT2D eigenvalue weighted by Crippen LogP contribution is 2.30. The fourth-order valence-electron chi connectivity index (χ4n) is 2.88. The van der Waals surface area contributed by atoms with Gasteiger partial charge in [-0.2, -0.15) is 5.26 Å². The van der Waals surface area contributed by atoms with Crippen LogP contribution in [0, 0.1) is 11.3 Å². The number of rotatable bonds is 8. The van der Waals surface area contributed by atoms with Gasteiger partial charge in [0.1, 0.15) is 16.6 Å². The number of nitrogens with one attached hydrogen (secondary N) is 2. The van der Waals surface area contributed by atoms with Gasteiger partial charge in [0.25, 0.3) is 5.91 Å². The number of para-hydroxylation sites is 1. The van der Waals surface area contributed by atoms with Crippen LogP contribution in [-0.4, -0.2) is 31.7 Å². The van der Waals surface area contributed by atoms with E-state index in [1.807, 2.05) is 12.1 Å². The topological polar surface area (TPSA) is 127 Å². The molecular weight excluding hydrogens is 470 g/mol. The van der Waals surface area contributed by atoms with Crippen LogP contribution in [0.1, 0.15) is 22.8 Å². The van der Waals surface area contributed by atoms with Crippen LogP contribution in [0.5, 0.6) is 11.5 Å². The van der Waals surface area contributed by atoms with E-state index in [1.165, 1.54) is 31.4 Å². The van der Waals surface area contributed by atoms with E-state index >= 15 is 0 Å². The van der Waals surface area contributed by atoms with E-state index in [4.69, 9.17) is 14.2 Å². The Bertz CT molecular complexity index is 1290. The third-order valence-corrected chi connectivity index (χ3v) is 5.30. The lowest BCUT2D eigenvalue weighted by Crippen LogP contribution is -2.17. The largest absolute Gasteiger partial charge is 0.493 e. The number of anilines is 2. The summed E-state index contributed by atoms with van der Waals surface area (Å²) >= 11 is 1.14. The standard InChI is InChI=1S/C25H21N3O6S/c1-3-33-24(30)19-11-12-35-23(19)28-22(29)17(15-26)13-16-9-10-20(21(14-16)32-2)34-25(31)27-18-7-5-4-6-8-18/h4-14H,3H2,1-2H3,(H,27,31)(H,28,29)/b17-13-. The van der Waals surface area contributed by atoms with Gasteiger partial charge in [0, 0.05) is 5.69 Å². The predicted molar refractivity (Wildman–Crippen MR) is 132 cm³/mol. The molecule has 10 heteroatoms. The quantitative estimate of drug-likeness (QED) is 0.255. The van der Waals surface area contributed by atoms with Crippen LogP contribution in [0.3, 0.4) is 0 Å². The summed E-state index contributed by atoms with van der Waals surface area (Å²) in [5.41, 5.74) is 1.03. The Morgan fingerprint density at radius 3 is 2.51 bits per heavy atom. The van der Waals surface area contributed by atoms with Crippen molar-refractivity contribution in [3.8, 4) is 17.6 Å². The molecule has 178 valence electrons. The molecule has 9 nitrogen and oxygen atoms in total. The predicted octanol–water partition coefficient (Wildman–Crippen LogP) is 5.09. The highest BCUT2D eigenvalue weighted by molar-refractivity contribution is 7.14. The highest BCUT2D eigenvalue weighted by atomic mass is 32.1. The molecule has 0 bridgehead atoms. The van der Waals surface area contributed by atoms with E-state index in [2.05, 4.69) is 10.6 Å². The number of hydrogen-bond donors (Lipinski definition) is 2. The second kappa shape index (κ2) is 12.0. The third kappa shape index (κ3) is 6.69. The lowest BCUT2D eigenvalue weighted by atomic mass is 10.1. The number of hydrogen-bond acceptors (Lipinski definition) is 8. The van der Waals surface area contributed by atoms with Gasteiger partial charge in [0.15, 0.2) is 11.5 Å². The molecule has 0 fully saturated rings. The zero-order valence-electron chi connectivity index (χ0n) is 18.9. The molecule has 0 aliphatic rings. The van der Waals surface area contributed by atoms with Gasteiger partial charge in [-0.25, -0.2) is 9.59 Å². The Balaban J connectivity index is 1.74. The summed E-state index contributed by atoms with van der Waals surface area (Å²) in [5, 5.41) is 16.6. The van der Waals surface area contributed by atoms with Crippen molar-refractivity contribution in [2.75, 3.05) is 24.4 Å². The number of carbonyl (C=O) groups excluding carboxylic acids is 3. The van der Waals surface area contributed by atoms with Gasteiger partial charge in [-0.05, 0) is 54.3 Å². The first-order chi connectivity index (χ1) is 16.9. The van der Waals surface area contributed by atoms with Crippen molar-refractivity contribution in [3.63, 3.8) is 0 Å². The maximum absolute atomic E-state index is 12.7. The molecule has 35 heavy (non-hydrogen) atoms. The molecule has 0 saturated carbocycles. The monoisotopic (exact) mass is 491 g/mol. The number of esters is 1. The van der Waals surface area contributed by atoms with Crippen molar-refractivity contribution in [3.05, 3.63) is 76.7 Å². The number of thiophene rings is 1. The fraction of sp³-hybridized carbons (Fsp3) is 0.120. The zero-order valence-corrected chi connectivity index (χ0v) is 19.7. The van der Waals surface area contributed by atoms with Crippen LogP contribution < -0.4 is 20.1 Å². The van der Waals surface area contributed by atoms with Gasteiger partial charge >= 0.3 is 12.1 Å². The average molecular weight is 492 g/mol. The second-order valence-electron chi connectivity index (χ2n) is 6.80. The number of carbonyl (C=O) groups is 3. The molecule has 0 aliphatic carbocycles. The number of ether oxygens (including phenoxy) is 3. The summed E-state index contributed by atoms with van der Waals surface area (Å²) in [6.07, 6.45) is 0.645. The normalized spacial score (nSPS) is 10.6. The summed E-state index contributed by atoms with van der Waals surface area (Å²) in [6.45, 7) is 1.88. The van der Waals surface area contributed by atoms with Crippen molar-refractivity contribution in [1.82, 2.24) is 0 Å². The molecule has 2 aromatic carbocycles. The molecule has 0 atom stereocenters. The summed E-state index contributed by atoms with van der Waals surface area (Å²) < 4.78 is 15.6. The molecular formula is C25H21N3O6S. The summed E-state index contributed by atoms with van der Waals surface area (Å²) in [4.78, 5) is 36.9. The number of benzene rings is 2. The molecule has 0 unspecified atom stereocenters. The van der Waals surface area contributed by atoms with Gasteiger partial charge in [0.2, 0.25) is 0 Å². The zero-order chi connectivity index (χ0) is 25.2. The Hall–Kier alpha value is -4.62. The lowest BCUT2D eigenvalue weighted by molar-refractivity contribution is -0.112. The summed E-state index contributed by atoms with van der Waals surface area (Å²) in [7, 11) is 1.40. The van der Waals surface area contributed by atoms with E-state index in [1.54, 1.807) is 42.6 Å². The fourth-order valence-corrected chi connectivity index (χ4v) is 3.65. The lowest BCUT2D eigenvalue weighted by Gasteiger charge is -2.11. The first-order valence-electron chi connectivity index (χ1n) is 10.3. The number of nitrogens with zero attached hydrogens (tertiary/aromatic N) is 1. The van der Waals surface area contributed by atoms with Crippen molar-refractivity contribution in [1.29, 1.82) is 5.26 Å². The minimum absolute atomic E-state index is 0.152. The Morgan fingerprint density at radius 1 is 1.06 bits per heavy atom. The summed E-state index contributed by atoms with van der Waals surface area (Å²) in [5.74, 6) is -0.883. The number of amides is 2. The molecule has 0 aliphatic heterocycles. The molecule has 3 aromatic rings. The van der Waals surface area contributed by atoms with Crippen LogP contribution in [0.25, 0.3) is 6.08 Å². The van der Waals surface area contributed by atoms with Gasteiger partial charge in [-0.15, -0.1) is 11.3 Å². The maximum Gasteiger partial charge on any atom is 0.417 e. The smallest absolute Gasteiger partial charge is 0.417 e. The average Bonchev–Trinajstić information content (AvgIpc) is 3.32. The van der Waals surface area contributed by atoms with Gasteiger partial charge in [-0.1, -0.05) is 24.3 Å². The van der Waals surface area contributed by atoms with Crippen LogP contribution in [0.15, 0.2) is 65.6 Å². The highest BCUT2D eigenvalue weighted by Gasteiger charge is 2.18. The minimum atomic E-state index is -0.705. The van der Waals surface area contributed by atoms with Crippen molar-refractivity contribution < 1.29 is 28.6 Å². The second-order valence-corrected chi connectivity index (χ2v) is 7.71. The Kier molecular flexibility index (Phi) is 8.59.